The van der Waals surface area contributed by atoms with Crippen LogP contribution < -0.4 is 26.8 Å². The Kier molecular flexibility index (Phi) is 16.7. The number of hydrogen-bond donors (Lipinski definition) is 1. The van der Waals surface area contributed by atoms with Gasteiger partial charge < -0.3 is 18.7 Å². The molecule has 0 saturated carbocycles. The van der Waals surface area contributed by atoms with Gasteiger partial charge in [-0.1, -0.05) is 197 Å². The standard InChI is InChI=1S/C20H13F3O4.C18H15OP.C16H19OP.Gd/c1-19(2)12-6-4-3-5-9(12)10-7-11-14(8-13(10)19)27-18(26)15(16(11)24)17(25)20(21,22)23;19-20(16-10-4-1-5-11-16,17-12-6-2-7-13-17)18-14-8-3-9-15-18;1-5-14(6-2)18(17,15(7-3)8-4)16-12-10-9-11-13-16;/h3-8,24H,1-2H3;1-15H;5-13H,1,3H2,2,4H3;/b;;14-6+,15-8+;. The molecule has 8 rings (SSSR count). The third-order valence-corrected chi connectivity index (χ3v) is 17.7. The summed E-state index contributed by atoms with van der Waals surface area (Å²) in [6.45, 7) is 15.3. The number of hydrogen-bond acceptors (Lipinski definition) is 6. The number of fused-ring (bicyclic) bond motifs is 4. The molecule has 0 unspecified atom stereocenters. The first-order chi connectivity index (χ1) is 31.0. The van der Waals surface area contributed by atoms with Crippen molar-refractivity contribution >= 4 is 52.3 Å². The number of allylic oxidation sites excluding steroid dienone is 6. The maximum atomic E-state index is 13.8. The van der Waals surface area contributed by atoms with Gasteiger partial charge in [-0.05, 0) is 48.2 Å². The summed E-state index contributed by atoms with van der Waals surface area (Å²) >= 11 is 0. The summed E-state index contributed by atoms with van der Waals surface area (Å²) in [5, 5.41) is 15.1. The maximum absolute atomic E-state index is 13.8. The molecule has 0 aliphatic heterocycles. The number of aromatic hydroxyl groups is 1. The van der Waals surface area contributed by atoms with Crippen LogP contribution in [-0.2, 0) is 14.5 Å². The minimum absolute atomic E-state index is 0. The SMILES string of the molecule is C=C/C(=C\C)P(=O)(/C(C=C)=C/C)c1ccccc1.CC1(C)c2ccccc2-c2cc3c(O)c(C(=O)C(F)(F)F)c(=O)oc3cc21.O=P(c1ccccc1)(c1ccccc1)c1ccccc1.[Gd]. The molecule has 0 bridgehead atoms. The molecule has 0 fully saturated rings. The third kappa shape index (κ3) is 9.95. The molecular weight excluding hydrogens is 1020 g/mol. The molecule has 1 aromatic heterocycles. The van der Waals surface area contributed by atoms with E-state index in [1.165, 1.54) is 12.1 Å². The van der Waals surface area contributed by atoms with Crippen molar-refractivity contribution in [3.63, 3.8) is 0 Å². The summed E-state index contributed by atoms with van der Waals surface area (Å²) in [5.74, 6) is -3.45. The molecule has 338 valence electrons. The van der Waals surface area contributed by atoms with E-state index >= 15 is 0 Å². The van der Waals surface area contributed by atoms with E-state index in [4.69, 9.17) is 4.42 Å². The van der Waals surface area contributed by atoms with E-state index < -0.39 is 48.6 Å². The predicted octanol–water partition coefficient (Wildman–Crippen LogP) is 12.7. The smallest absolute Gasteiger partial charge is 0.455 e. The molecule has 7 aromatic rings. The van der Waals surface area contributed by atoms with E-state index in [-0.39, 0.29) is 50.9 Å². The molecular formula is C54H47F3GdO6P2. The van der Waals surface area contributed by atoms with Gasteiger partial charge in [-0.2, -0.15) is 13.2 Å². The van der Waals surface area contributed by atoms with Gasteiger partial charge in [0, 0.05) is 77.2 Å². The second kappa shape index (κ2) is 21.4. The first kappa shape index (κ1) is 51.5. The number of Topliss-reactive ketones (excluding diaryl/α,β-unsaturated/α-hetero) is 1. The average molecular weight is 1070 g/mol. The second-order valence-electron chi connectivity index (χ2n) is 15.4. The van der Waals surface area contributed by atoms with Crippen molar-refractivity contribution in [3.05, 3.63) is 233 Å². The van der Waals surface area contributed by atoms with Crippen LogP contribution in [0.3, 0.4) is 0 Å². The molecule has 0 atom stereocenters. The Morgan fingerprint density at radius 1 is 0.636 bits per heavy atom. The van der Waals surface area contributed by atoms with Gasteiger partial charge in [0.05, 0.1) is 5.39 Å². The number of benzene rings is 6. The molecule has 0 saturated heterocycles. The molecule has 0 spiro atoms. The van der Waals surface area contributed by atoms with E-state index in [1.807, 2.05) is 185 Å². The number of rotatable bonds is 9. The Balaban J connectivity index is 0.000000189. The maximum Gasteiger partial charge on any atom is 0.455 e. The van der Waals surface area contributed by atoms with Gasteiger partial charge in [0.2, 0.25) is 0 Å². The quantitative estimate of drug-likeness (QED) is 0.0669. The zero-order valence-electron chi connectivity index (χ0n) is 36.6. The molecule has 66 heavy (non-hydrogen) atoms. The van der Waals surface area contributed by atoms with E-state index in [0.29, 0.717) is 5.56 Å². The van der Waals surface area contributed by atoms with Gasteiger partial charge >= 0.3 is 11.8 Å². The molecule has 6 nitrogen and oxygen atoms in total. The summed E-state index contributed by atoms with van der Waals surface area (Å²) in [6, 6.07) is 49.2. The van der Waals surface area contributed by atoms with E-state index in [1.54, 1.807) is 12.2 Å². The molecule has 1 aliphatic rings. The Bertz CT molecular complexity index is 2980. The first-order valence-electron chi connectivity index (χ1n) is 20.6. The number of carbonyl (C=O) groups is 1. The van der Waals surface area contributed by atoms with Crippen molar-refractivity contribution in [1.29, 1.82) is 0 Å². The molecule has 12 heteroatoms. The van der Waals surface area contributed by atoms with Crippen molar-refractivity contribution < 1.29 is 76.6 Å². The van der Waals surface area contributed by atoms with Crippen molar-refractivity contribution in [3.8, 4) is 16.9 Å². The Morgan fingerprint density at radius 2 is 1.05 bits per heavy atom. The largest absolute Gasteiger partial charge is 0.506 e. The van der Waals surface area contributed by atoms with Crippen molar-refractivity contribution in [2.45, 2.75) is 39.3 Å². The van der Waals surface area contributed by atoms with Crippen LogP contribution in [0.4, 0.5) is 13.2 Å². The summed E-state index contributed by atoms with van der Waals surface area (Å²) in [4.78, 5) is 23.5. The number of alkyl halides is 3. The summed E-state index contributed by atoms with van der Waals surface area (Å²) in [5.41, 5.74) is -0.0231. The molecule has 6 aromatic carbocycles. The van der Waals surface area contributed by atoms with Gasteiger partial charge in [-0.3, -0.25) is 4.79 Å². The molecule has 0 radical (unpaired) electrons. The van der Waals surface area contributed by atoms with Crippen LogP contribution in [0.25, 0.3) is 22.1 Å². The Morgan fingerprint density at radius 3 is 1.45 bits per heavy atom. The van der Waals surface area contributed by atoms with Gasteiger partial charge in [0.25, 0.3) is 5.78 Å². The summed E-state index contributed by atoms with van der Waals surface area (Å²) < 4.78 is 70.6. The van der Waals surface area contributed by atoms with Crippen molar-refractivity contribution in [2.75, 3.05) is 0 Å². The van der Waals surface area contributed by atoms with Gasteiger partial charge in [-0.15, -0.1) is 0 Å². The van der Waals surface area contributed by atoms with Gasteiger partial charge in [-0.25, -0.2) is 4.79 Å². The van der Waals surface area contributed by atoms with Gasteiger partial charge in [0.1, 0.15) is 11.3 Å². The van der Waals surface area contributed by atoms with Gasteiger partial charge in [0.15, 0.2) is 19.8 Å². The van der Waals surface area contributed by atoms with E-state index in [0.717, 1.165) is 48.5 Å². The fraction of sp³-hybridized carbons (Fsp3) is 0.111. The molecule has 1 heterocycles. The number of halogens is 3. The summed E-state index contributed by atoms with van der Waals surface area (Å²) in [7, 11) is -5.58. The normalized spacial score (nSPS) is 13.8. The predicted molar refractivity (Wildman–Crippen MR) is 260 cm³/mol. The molecule has 0 amide bonds. The minimum Gasteiger partial charge on any atom is -0.506 e. The summed E-state index contributed by atoms with van der Waals surface area (Å²) in [6.07, 6.45) is 1.74. The van der Waals surface area contributed by atoms with Crippen LogP contribution in [-0.4, -0.2) is 17.1 Å². The van der Waals surface area contributed by atoms with Crippen LogP contribution in [0.2, 0.25) is 0 Å². The topological polar surface area (TPSA) is 102 Å². The van der Waals surface area contributed by atoms with Crippen molar-refractivity contribution in [1.82, 2.24) is 0 Å². The van der Waals surface area contributed by atoms with E-state index in [9.17, 15) is 37.0 Å². The zero-order chi connectivity index (χ0) is 47.2. The first-order valence-corrected chi connectivity index (χ1v) is 24.0. The Labute approximate surface area is 414 Å². The fourth-order valence-corrected chi connectivity index (χ4v) is 13.4. The monoisotopic (exact) mass is 1070 g/mol. The fourth-order valence-electron chi connectivity index (χ4n) is 8.02. The second-order valence-corrected chi connectivity index (χ2v) is 20.9. The van der Waals surface area contributed by atoms with Crippen LogP contribution in [0, 0.1) is 39.9 Å². The van der Waals surface area contributed by atoms with Crippen LogP contribution in [0.15, 0.2) is 215 Å². The number of carbonyl (C=O) groups excluding carboxylic acids is 1. The average Bonchev–Trinajstić information content (AvgIpc) is 3.54. The van der Waals surface area contributed by atoms with Crippen LogP contribution >= 0.6 is 14.3 Å². The van der Waals surface area contributed by atoms with E-state index in [2.05, 4.69) is 13.2 Å². The molecule has 1 N–H and O–H groups in total. The number of ketones is 1. The van der Waals surface area contributed by atoms with Crippen molar-refractivity contribution in [2.24, 2.45) is 0 Å². The zero-order valence-corrected chi connectivity index (χ0v) is 40.7. The minimum atomic E-state index is -5.30. The molecule has 1 aliphatic carbocycles. The van der Waals surface area contributed by atoms with Crippen LogP contribution in [0.5, 0.6) is 5.75 Å². The third-order valence-electron chi connectivity index (χ3n) is 11.3. The van der Waals surface area contributed by atoms with Crippen LogP contribution in [0.1, 0.15) is 49.2 Å². The Hall–Kier alpha value is -5.47.